The van der Waals surface area contributed by atoms with Crippen LogP contribution in [0.2, 0.25) is 5.02 Å². The minimum atomic E-state index is 0.199. The molecule has 20 heavy (non-hydrogen) atoms. The Bertz CT molecular complexity index is 548. The van der Waals surface area contributed by atoms with Crippen LogP contribution in [-0.2, 0) is 7.05 Å². The summed E-state index contributed by atoms with van der Waals surface area (Å²) >= 11 is 8.10. The van der Waals surface area contributed by atoms with Gasteiger partial charge in [-0.3, -0.25) is 4.68 Å². The Hall–Kier alpha value is -0.970. The Morgan fingerprint density at radius 3 is 2.75 bits per heavy atom. The van der Waals surface area contributed by atoms with Gasteiger partial charge in [-0.05, 0) is 25.1 Å². The maximum atomic E-state index is 6.26. The predicted molar refractivity (Wildman–Crippen MR) is 86.5 cm³/mol. The fraction of sp³-hybridized carbons (Fsp3) is 0.400. The van der Waals surface area contributed by atoms with E-state index in [0.29, 0.717) is 0 Å². The molecule has 5 heteroatoms. The van der Waals surface area contributed by atoms with Crippen molar-refractivity contribution in [1.82, 2.24) is 15.1 Å². The van der Waals surface area contributed by atoms with Gasteiger partial charge in [0.2, 0.25) is 0 Å². The Balaban J connectivity index is 2.13. The summed E-state index contributed by atoms with van der Waals surface area (Å²) in [5.41, 5.74) is 2.36. The number of rotatable bonds is 6. The van der Waals surface area contributed by atoms with Gasteiger partial charge in [-0.25, -0.2) is 0 Å². The number of hydrogen-bond donors (Lipinski definition) is 1. The highest BCUT2D eigenvalue weighted by Gasteiger charge is 2.18. The summed E-state index contributed by atoms with van der Waals surface area (Å²) in [6, 6.07) is 8.65. The van der Waals surface area contributed by atoms with Crippen molar-refractivity contribution in [2.24, 2.45) is 7.05 Å². The van der Waals surface area contributed by atoms with Crippen LogP contribution < -0.4 is 5.32 Å². The highest BCUT2D eigenvalue weighted by atomic mass is 35.5. The zero-order valence-corrected chi connectivity index (χ0v) is 13.6. The second kappa shape index (κ2) is 7.16. The van der Waals surface area contributed by atoms with Crippen molar-refractivity contribution < 1.29 is 0 Å². The van der Waals surface area contributed by atoms with E-state index in [4.69, 9.17) is 11.6 Å². The van der Waals surface area contributed by atoms with Crippen molar-refractivity contribution in [3.63, 3.8) is 0 Å². The van der Waals surface area contributed by atoms with Crippen LogP contribution in [0.4, 0.5) is 0 Å². The molecular weight excluding hydrogens is 290 g/mol. The maximum Gasteiger partial charge on any atom is 0.0834 e. The van der Waals surface area contributed by atoms with Crippen molar-refractivity contribution in [2.75, 3.05) is 12.3 Å². The number of aromatic nitrogens is 2. The van der Waals surface area contributed by atoms with Gasteiger partial charge in [0.05, 0.1) is 23.0 Å². The molecule has 108 valence electrons. The van der Waals surface area contributed by atoms with Crippen LogP contribution in [0.1, 0.15) is 24.2 Å². The van der Waals surface area contributed by atoms with Gasteiger partial charge in [0.25, 0.3) is 0 Å². The summed E-state index contributed by atoms with van der Waals surface area (Å²) in [7, 11) is 1.93. The zero-order chi connectivity index (χ0) is 14.5. The number of benzene rings is 1. The van der Waals surface area contributed by atoms with Crippen LogP contribution >= 0.6 is 23.4 Å². The van der Waals surface area contributed by atoms with Gasteiger partial charge >= 0.3 is 0 Å². The van der Waals surface area contributed by atoms with Crippen molar-refractivity contribution in [1.29, 1.82) is 0 Å². The van der Waals surface area contributed by atoms with E-state index in [1.807, 2.05) is 23.5 Å². The van der Waals surface area contributed by atoms with Gasteiger partial charge in [0, 0.05) is 17.7 Å². The molecule has 3 nitrogen and oxygen atoms in total. The number of nitrogens with one attached hydrogen (secondary N) is 1. The fourth-order valence-corrected chi connectivity index (χ4v) is 3.57. The monoisotopic (exact) mass is 309 g/mol. The van der Waals surface area contributed by atoms with Gasteiger partial charge in [-0.15, -0.1) is 11.8 Å². The molecule has 0 aliphatic carbocycles. The second-order valence-electron chi connectivity index (χ2n) is 4.69. The normalized spacial score (nSPS) is 12.6. The molecule has 0 saturated heterocycles. The molecule has 0 radical (unpaired) electrons. The van der Waals surface area contributed by atoms with Gasteiger partial charge in [-0.2, -0.15) is 5.10 Å². The van der Waals surface area contributed by atoms with Gasteiger partial charge in [0.15, 0.2) is 0 Å². The first-order valence-corrected chi connectivity index (χ1v) is 8.09. The van der Waals surface area contributed by atoms with E-state index >= 15 is 0 Å². The highest BCUT2D eigenvalue weighted by Crippen LogP contribution is 2.29. The Labute approximate surface area is 129 Å². The average molecular weight is 310 g/mol. The molecule has 1 N–H and O–H groups in total. The lowest BCUT2D eigenvalue weighted by Gasteiger charge is -2.19. The van der Waals surface area contributed by atoms with Gasteiger partial charge in [0.1, 0.15) is 0 Å². The summed E-state index contributed by atoms with van der Waals surface area (Å²) < 4.78 is 1.86. The Morgan fingerprint density at radius 2 is 2.15 bits per heavy atom. The van der Waals surface area contributed by atoms with Gasteiger partial charge in [-0.1, -0.05) is 36.7 Å². The van der Waals surface area contributed by atoms with E-state index < -0.39 is 0 Å². The van der Waals surface area contributed by atoms with E-state index in [1.54, 1.807) is 6.20 Å². The van der Waals surface area contributed by atoms with Crippen molar-refractivity contribution in [3.05, 3.63) is 46.7 Å². The van der Waals surface area contributed by atoms with Crippen molar-refractivity contribution >= 4 is 23.4 Å². The third-order valence-electron chi connectivity index (χ3n) is 3.22. The zero-order valence-electron chi connectivity index (χ0n) is 12.1. The SMILES string of the molecule is CCNC(CSc1ccccc1C)c1c(Cl)cnn1C. The lowest BCUT2D eigenvalue weighted by molar-refractivity contribution is 0.553. The fourth-order valence-electron chi connectivity index (χ4n) is 2.18. The second-order valence-corrected chi connectivity index (χ2v) is 6.16. The summed E-state index contributed by atoms with van der Waals surface area (Å²) in [5.74, 6) is 0.929. The number of halogens is 1. The van der Waals surface area contributed by atoms with Crippen LogP contribution in [0.15, 0.2) is 35.4 Å². The van der Waals surface area contributed by atoms with Crippen molar-refractivity contribution in [3.8, 4) is 0 Å². The smallest absolute Gasteiger partial charge is 0.0834 e. The summed E-state index contributed by atoms with van der Waals surface area (Å²) in [4.78, 5) is 1.31. The third-order valence-corrected chi connectivity index (χ3v) is 4.78. The molecule has 0 spiro atoms. The molecule has 0 saturated carbocycles. The summed E-state index contributed by atoms with van der Waals surface area (Å²) in [6.07, 6.45) is 1.71. The topological polar surface area (TPSA) is 29.9 Å². The van der Waals surface area contributed by atoms with Crippen LogP contribution in [0.5, 0.6) is 0 Å². The van der Waals surface area contributed by atoms with Crippen molar-refractivity contribution in [2.45, 2.75) is 24.8 Å². The largest absolute Gasteiger partial charge is 0.308 e. The first-order chi connectivity index (χ1) is 9.63. The number of thioether (sulfide) groups is 1. The lowest BCUT2D eigenvalue weighted by Crippen LogP contribution is -2.25. The Morgan fingerprint density at radius 1 is 1.40 bits per heavy atom. The van der Waals surface area contributed by atoms with E-state index in [1.165, 1.54) is 10.5 Å². The number of aryl methyl sites for hydroxylation is 2. The first kappa shape index (κ1) is 15.4. The maximum absolute atomic E-state index is 6.26. The molecule has 0 aliphatic rings. The quantitative estimate of drug-likeness (QED) is 0.823. The molecule has 0 aliphatic heterocycles. The molecule has 0 amide bonds. The first-order valence-electron chi connectivity index (χ1n) is 6.72. The van der Waals surface area contributed by atoms with E-state index in [0.717, 1.165) is 23.0 Å². The minimum absolute atomic E-state index is 0.199. The molecule has 1 aromatic heterocycles. The predicted octanol–water partition coefficient (Wildman–Crippen LogP) is 3.82. The van der Waals surface area contributed by atoms with Crippen LogP contribution in [0.25, 0.3) is 0 Å². The molecular formula is C15H20ClN3S. The summed E-state index contributed by atoms with van der Waals surface area (Å²) in [5, 5.41) is 8.44. The Kier molecular flexibility index (Phi) is 5.52. The molecule has 1 heterocycles. The third kappa shape index (κ3) is 3.57. The molecule has 2 rings (SSSR count). The summed E-state index contributed by atoms with van der Waals surface area (Å²) in [6.45, 7) is 5.15. The van der Waals surface area contributed by atoms with Gasteiger partial charge < -0.3 is 5.32 Å². The molecule has 0 bridgehead atoms. The number of nitrogens with zero attached hydrogens (tertiary/aromatic N) is 2. The van der Waals surface area contributed by atoms with E-state index in [2.05, 4.69) is 48.5 Å². The van der Waals surface area contributed by atoms with Crippen LogP contribution in [0.3, 0.4) is 0 Å². The lowest BCUT2D eigenvalue weighted by atomic mass is 10.2. The van der Waals surface area contributed by atoms with Crippen LogP contribution in [0, 0.1) is 6.92 Å². The molecule has 0 fully saturated rings. The molecule has 1 atom stereocenters. The minimum Gasteiger partial charge on any atom is -0.308 e. The molecule has 1 unspecified atom stereocenters. The molecule has 1 aromatic carbocycles. The van der Waals surface area contributed by atoms with Crippen LogP contribution in [-0.4, -0.2) is 22.1 Å². The van der Waals surface area contributed by atoms with E-state index in [9.17, 15) is 0 Å². The molecule has 2 aromatic rings. The van der Waals surface area contributed by atoms with E-state index in [-0.39, 0.29) is 6.04 Å². The standard InChI is InChI=1S/C15H20ClN3S/c1-4-17-13(15-12(16)9-18-19(15)3)10-20-14-8-6-5-7-11(14)2/h5-9,13,17H,4,10H2,1-3H3. The average Bonchev–Trinajstić information content (AvgIpc) is 2.76. The number of hydrogen-bond acceptors (Lipinski definition) is 3. The highest BCUT2D eigenvalue weighted by molar-refractivity contribution is 7.99.